The Balaban J connectivity index is 1.60. The van der Waals surface area contributed by atoms with Gasteiger partial charge in [-0.25, -0.2) is 4.98 Å². The van der Waals surface area contributed by atoms with Crippen LogP contribution in [-0.2, 0) is 4.79 Å². The molecular weight excluding hydrogens is 426 g/mol. The Morgan fingerprint density at radius 2 is 1.58 bits per heavy atom. The van der Waals surface area contributed by atoms with Crippen LogP contribution >= 0.6 is 23.4 Å². The summed E-state index contributed by atoms with van der Waals surface area (Å²) in [5.74, 6) is -0.0613. The van der Waals surface area contributed by atoms with Crippen molar-refractivity contribution in [3.05, 3.63) is 90.0 Å². The molecule has 4 aromatic rings. The molecule has 0 aliphatic rings. The van der Waals surface area contributed by atoms with Gasteiger partial charge in [-0.1, -0.05) is 91.0 Å². The van der Waals surface area contributed by atoms with E-state index >= 15 is 0 Å². The van der Waals surface area contributed by atoms with Crippen LogP contribution in [0.5, 0.6) is 0 Å². The molecule has 4 rings (SSSR count). The molecule has 4 nitrogen and oxygen atoms in total. The maximum absolute atomic E-state index is 12.9. The lowest BCUT2D eigenvalue weighted by Crippen LogP contribution is -2.24. The molecule has 0 spiro atoms. The second-order valence-electron chi connectivity index (χ2n) is 7.01. The van der Waals surface area contributed by atoms with Crippen LogP contribution in [0.3, 0.4) is 0 Å². The highest BCUT2D eigenvalue weighted by atomic mass is 35.5. The van der Waals surface area contributed by atoms with Crippen LogP contribution in [0.25, 0.3) is 22.5 Å². The summed E-state index contributed by atoms with van der Waals surface area (Å²) in [6.07, 6.45) is 0.673. The number of thioether (sulfide) groups is 1. The first-order valence-electron chi connectivity index (χ1n) is 10.1. The van der Waals surface area contributed by atoms with Crippen molar-refractivity contribution < 1.29 is 4.79 Å². The van der Waals surface area contributed by atoms with Crippen molar-refractivity contribution in [1.82, 2.24) is 9.97 Å². The van der Waals surface area contributed by atoms with E-state index in [1.165, 1.54) is 11.8 Å². The van der Waals surface area contributed by atoms with Gasteiger partial charge in [0, 0.05) is 21.8 Å². The summed E-state index contributed by atoms with van der Waals surface area (Å²) in [5.41, 5.74) is 4.63. The van der Waals surface area contributed by atoms with Gasteiger partial charge in [0.1, 0.15) is 0 Å². The Kier molecular flexibility index (Phi) is 6.75. The first-order valence-corrected chi connectivity index (χ1v) is 11.3. The highest BCUT2D eigenvalue weighted by Crippen LogP contribution is 2.34. The molecule has 6 heteroatoms. The summed E-state index contributed by atoms with van der Waals surface area (Å²) in [4.78, 5) is 21.2. The molecule has 0 fully saturated rings. The molecule has 0 bridgehead atoms. The number of aromatic nitrogens is 2. The second kappa shape index (κ2) is 9.86. The highest BCUT2D eigenvalue weighted by Gasteiger charge is 2.22. The third-order valence-corrected chi connectivity index (χ3v) is 6.32. The number of carbonyl (C=O) groups is 1. The lowest BCUT2D eigenvalue weighted by Gasteiger charge is -2.13. The molecule has 1 amide bonds. The van der Waals surface area contributed by atoms with Gasteiger partial charge in [-0.05, 0) is 30.7 Å². The summed E-state index contributed by atoms with van der Waals surface area (Å²) in [5, 5.41) is 4.04. The van der Waals surface area contributed by atoms with Gasteiger partial charge in [-0.3, -0.25) is 4.79 Å². The highest BCUT2D eigenvalue weighted by molar-refractivity contribution is 8.00. The molecule has 0 saturated heterocycles. The molecule has 0 aliphatic carbocycles. The number of hydrogen-bond acceptors (Lipinski definition) is 3. The zero-order chi connectivity index (χ0) is 21.6. The zero-order valence-electron chi connectivity index (χ0n) is 17.0. The van der Waals surface area contributed by atoms with E-state index in [1.807, 2.05) is 55.5 Å². The molecule has 0 radical (unpaired) electrons. The molecule has 1 unspecified atom stereocenters. The molecule has 1 atom stereocenters. The maximum atomic E-state index is 12.9. The zero-order valence-corrected chi connectivity index (χ0v) is 18.6. The Morgan fingerprint density at radius 1 is 0.968 bits per heavy atom. The standard InChI is InChI=1S/C25H22ClN3OS/c1-2-21(24(30)27-20-15-13-19(26)14-16-20)31-25-28-22(17-9-5-3-6-10-17)23(29-25)18-11-7-4-8-12-18/h3-16,21H,2H2,1H3,(H,27,30)(H,28,29). The topological polar surface area (TPSA) is 57.8 Å². The van der Waals surface area contributed by atoms with Crippen molar-refractivity contribution in [1.29, 1.82) is 0 Å². The number of anilines is 1. The van der Waals surface area contributed by atoms with Crippen LogP contribution in [0.1, 0.15) is 13.3 Å². The third kappa shape index (κ3) is 5.19. The predicted octanol–water partition coefficient (Wildman–Crippen LogP) is 6.91. The molecule has 2 N–H and O–H groups in total. The molecule has 3 aromatic carbocycles. The lowest BCUT2D eigenvalue weighted by molar-refractivity contribution is -0.115. The van der Waals surface area contributed by atoms with Gasteiger partial charge >= 0.3 is 0 Å². The van der Waals surface area contributed by atoms with Crippen molar-refractivity contribution in [3.8, 4) is 22.5 Å². The minimum absolute atomic E-state index is 0.0613. The van der Waals surface area contributed by atoms with E-state index in [9.17, 15) is 4.79 Å². The first-order chi connectivity index (χ1) is 15.1. The Morgan fingerprint density at radius 3 is 2.19 bits per heavy atom. The minimum atomic E-state index is -0.283. The lowest BCUT2D eigenvalue weighted by atomic mass is 10.1. The summed E-state index contributed by atoms with van der Waals surface area (Å²) in [6.45, 7) is 2.00. The Labute approximate surface area is 191 Å². The van der Waals surface area contributed by atoms with Crippen LogP contribution in [-0.4, -0.2) is 21.1 Å². The monoisotopic (exact) mass is 447 g/mol. The van der Waals surface area contributed by atoms with Crippen molar-refractivity contribution in [2.24, 2.45) is 0 Å². The number of nitrogens with one attached hydrogen (secondary N) is 2. The Hall–Kier alpha value is -3.02. The third-order valence-electron chi connectivity index (χ3n) is 4.82. The molecule has 0 saturated carbocycles. The van der Waals surface area contributed by atoms with Gasteiger partial charge in [-0.2, -0.15) is 0 Å². The fourth-order valence-electron chi connectivity index (χ4n) is 3.24. The van der Waals surface area contributed by atoms with E-state index < -0.39 is 0 Å². The van der Waals surface area contributed by atoms with Crippen molar-refractivity contribution in [3.63, 3.8) is 0 Å². The summed E-state index contributed by atoms with van der Waals surface area (Å²) >= 11 is 7.37. The van der Waals surface area contributed by atoms with E-state index in [-0.39, 0.29) is 11.2 Å². The number of halogens is 1. The van der Waals surface area contributed by atoms with E-state index in [1.54, 1.807) is 24.3 Å². The van der Waals surface area contributed by atoms with Crippen molar-refractivity contribution in [2.45, 2.75) is 23.8 Å². The molecule has 1 heterocycles. The number of amides is 1. The SMILES string of the molecule is CCC(Sc1nc(-c2ccccc2)c(-c2ccccc2)[nH]1)C(=O)Nc1ccc(Cl)cc1. The summed E-state index contributed by atoms with van der Waals surface area (Å²) < 4.78 is 0. The Bertz CT molecular complexity index is 1090. The predicted molar refractivity (Wildman–Crippen MR) is 129 cm³/mol. The molecule has 156 valence electrons. The van der Waals surface area contributed by atoms with Gasteiger partial charge in [0.05, 0.1) is 16.6 Å². The number of hydrogen-bond donors (Lipinski definition) is 2. The van der Waals surface area contributed by atoms with Crippen LogP contribution in [0.2, 0.25) is 5.02 Å². The van der Waals surface area contributed by atoms with Crippen LogP contribution in [0.15, 0.2) is 90.1 Å². The summed E-state index contributed by atoms with van der Waals surface area (Å²) in [7, 11) is 0. The quantitative estimate of drug-likeness (QED) is 0.303. The fraction of sp³-hybridized carbons (Fsp3) is 0.120. The maximum Gasteiger partial charge on any atom is 0.237 e. The van der Waals surface area contributed by atoms with E-state index in [2.05, 4.69) is 22.4 Å². The normalized spacial score (nSPS) is 11.8. The van der Waals surface area contributed by atoms with Crippen LogP contribution in [0, 0.1) is 0 Å². The van der Waals surface area contributed by atoms with Gasteiger partial charge < -0.3 is 10.3 Å². The van der Waals surface area contributed by atoms with Gasteiger partial charge in [0.25, 0.3) is 0 Å². The minimum Gasteiger partial charge on any atom is -0.332 e. The smallest absolute Gasteiger partial charge is 0.237 e. The van der Waals surface area contributed by atoms with E-state index in [0.717, 1.165) is 33.4 Å². The number of H-pyrrole nitrogens is 1. The molecule has 31 heavy (non-hydrogen) atoms. The first kappa shape index (κ1) is 21.2. The number of aromatic amines is 1. The van der Waals surface area contributed by atoms with Crippen molar-refractivity contribution in [2.75, 3.05) is 5.32 Å². The second-order valence-corrected chi connectivity index (χ2v) is 8.64. The van der Waals surface area contributed by atoms with Gasteiger partial charge in [0.2, 0.25) is 5.91 Å². The van der Waals surface area contributed by atoms with Crippen LogP contribution in [0.4, 0.5) is 5.69 Å². The number of imidazole rings is 1. The van der Waals surface area contributed by atoms with E-state index in [0.29, 0.717) is 11.4 Å². The molecular formula is C25H22ClN3OS. The molecule has 1 aromatic heterocycles. The number of carbonyl (C=O) groups excluding carboxylic acids is 1. The number of benzene rings is 3. The number of nitrogens with zero attached hydrogens (tertiary/aromatic N) is 1. The van der Waals surface area contributed by atoms with Crippen molar-refractivity contribution >= 4 is 35.0 Å². The largest absolute Gasteiger partial charge is 0.332 e. The van der Waals surface area contributed by atoms with Gasteiger partial charge in [-0.15, -0.1) is 0 Å². The van der Waals surface area contributed by atoms with Gasteiger partial charge in [0.15, 0.2) is 5.16 Å². The number of rotatable bonds is 7. The fourth-order valence-corrected chi connectivity index (χ4v) is 4.27. The van der Waals surface area contributed by atoms with Crippen LogP contribution < -0.4 is 5.32 Å². The molecule has 0 aliphatic heterocycles. The van der Waals surface area contributed by atoms with E-state index in [4.69, 9.17) is 16.6 Å². The summed E-state index contributed by atoms with van der Waals surface area (Å²) in [6, 6.07) is 27.3. The average molecular weight is 448 g/mol. The average Bonchev–Trinajstić information content (AvgIpc) is 3.24.